The van der Waals surface area contributed by atoms with E-state index in [1.807, 2.05) is 72.8 Å². The Kier molecular flexibility index (Phi) is 6.83. The lowest BCUT2D eigenvalue weighted by Crippen LogP contribution is -2.00. The summed E-state index contributed by atoms with van der Waals surface area (Å²) in [4.78, 5) is 15.2. The minimum Gasteiger partial charge on any atom is -0.456 e. The van der Waals surface area contributed by atoms with Crippen LogP contribution in [0.3, 0.4) is 0 Å². The third-order valence-electron chi connectivity index (χ3n) is 11.1. The number of para-hydroxylation sites is 3. The van der Waals surface area contributed by atoms with Crippen molar-refractivity contribution in [2.45, 2.75) is 0 Å². The van der Waals surface area contributed by atoms with Gasteiger partial charge in [0.25, 0.3) is 0 Å². The number of furan rings is 2. The molecule has 266 valence electrons. The summed E-state index contributed by atoms with van der Waals surface area (Å²) in [5.41, 5.74) is 11.7. The molecule has 12 aromatic rings. The van der Waals surface area contributed by atoms with Gasteiger partial charge in [-0.3, -0.25) is 0 Å². The van der Waals surface area contributed by atoms with Crippen LogP contribution >= 0.6 is 0 Å². The monoisotopic (exact) mass is 730 g/mol. The molecule has 4 heterocycles. The Morgan fingerprint density at radius 1 is 0.298 bits per heavy atom. The zero-order chi connectivity index (χ0) is 37.5. The lowest BCUT2D eigenvalue weighted by molar-refractivity contribution is 0.668. The normalized spacial score (nSPS) is 11.9. The Balaban J connectivity index is 1.00. The first-order valence-corrected chi connectivity index (χ1v) is 19.0. The van der Waals surface area contributed by atoms with E-state index >= 15 is 0 Å². The first kappa shape index (κ1) is 31.5. The number of aromatic nitrogens is 4. The molecule has 0 saturated carbocycles. The second kappa shape index (κ2) is 12.3. The topological polar surface area (TPSA) is 69.9 Å². The molecule has 6 nitrogen and oxygen atoms in total. The summed E-state index contributed by atoms with van der Waals surface area (Å²) in [5, 5.41) is 6.57. The summed E-state index contributed by atoms with van der Waals surface area (Å²) in [6.45, 7) is 0. The van der Waals surface area contributed by atoms with Crippen LogP contribution in [-0.2, 0) is 0 Å². The molecule has 0 amide bonds. The fourth-order valence-corrected chi connectivity index (χ4v) is 8.32. The number of hydrogen-bond acceptors (Lipinski definition) is 5. The van der Waals surface area contributed by atoms with Gasteiger partial charge in [-0.05, 0) is 90.0 Å². The molecule has 0 spiro atoms. The summed E-state index contributed by atoms with van der Waals surface area (Å²) >= 11 is 0. The Morgan fingerprint density at radius 2 is 0.754 bits per heavy atom. The molecule has 0 N–H and O–H groups in total. The van der Waals surface area contributed by atoms with Crippen molar-refractivity contribution in [1.82, 2.24) is 19.5 Å². The van der Waals surface area contributed by atoms with Gasteiger partial charge in [-0.2, -0.15) is 0 Å². The summed E-state index contributed by atoms with van der Waals surface area (Å²) in [5.74, 6) is 1.78. The molecule has 8 aromatic carbocycles. The molecule has 0 unspecified atom stereocenters. The molecule has 4 aromatic heterocycles. The van der Waals surface area contributed by atoms with Crippen molar-refractivity contribution < 1.29 is 8.83 Å². The molecule has 57 heavy (non-hydrogen) atoms. The molecule has 6 heteroatoms. The Hall–Kier alpha value is -7.83. The fourth-order valence-electron chi connectivity index (χ4n) is 8.32. The van der Waals surface area contributed by atoms with Crippen LogP contribution in [0.2, 0.25) is 0 Å². The maximum Gasteiger partial charge on any atom is 0.164 e. The molecular weight excluding hydrogens is 701 g/mol. The van der Waals surface area contributed by atoms with E-state index in [-0.39, 0.29) is 0 Å². The van der Waals surface area contributed by atoms with Gasteiger partial charge in [0.2, 0.25) is 0 Å². The maximum atomic E-state index is 6.41. The molecule has 12 rings (SSSR count). The average Bonchev–Trinajstić information content (AvgIpc) is 3.95. The lowest BCUT2D eigenvalue weighted by Gasteiger charge is -2.09. The largest absolute Gasteiger partial charge is 0.456 e. The third kappa shape index (κ3) is 5.08. The highest BCUT2D eigenvalue weighted by Gasteiger charge is 2.18. The number of nitrogens with zero attached hydrogens (tertiary/aromatic N) is 4. The zero-order valence-electron chi connectivity index (χ0n) is 30.4. The van der Waals surface area contributed by atoms with Gasteiger partial charge in [0, 0.05) is 54.7 Å². The highest BCUT2D eigenvalue weighted by atomic mass is 16.3. The van der Waals surface area contributed by atoms with E-state index in [0.29, 0.717) is 17.5 Å². The smallest absolute Gasteiger partial charge is 0.164 e. The van der Waals surface area contributed by atoms with Crippen molar-refractivity contribution in [3.8, 4) is 51.0 Å². The second-order valence-electron chi connectivity index (χ2n) is 14.4. The van der Waals surface area contributed by atoms with Gasteiger partial charge in [0.05, 0.1) is 11.0 Å². The minimum atomic E-state index is 0.586. The van der Waals surface area contributed by atoms with Crippen LogP contribution in [0.5, 0.6) is 0 Å². The van der Waals surface area contributed by atoms with Gasteiger partial charge >= 0.3 is 0 Å². The quantitative estimate of drug-likeness (QED) is 0.176. The van der Waals surface area contributed by atoms with Gasteiger partial charge < -0.3 is 13.4 Å². The molecule has 0 saturated heterocycles. The molecule has 0 radical (unpaired) electrons. The minimum absolute atomic E-state index is 0.586. The molecule has 0 atom stereocenters. The summed E-state index contributed by atoms with van der Waals surface area (Å²) in [6.07, 6.45) is 0. The van der Waals surface area contributed by atoms with Crippen LogP contribution < -0.4 is 0 Å². The molecule has 0 aliphatic carbocycles. The molecule has 0 fully saturated rings. The van der Waals surface area contributed by atoms with E-state index in [9.17, 15) is 0 Å². The summed E-state index contributed by atoms with van der Waals surface area (Å²) in [6, 6.07) is 62.9. The van der Waals surface area contributed by atoms with Crippen LogP contribution in [0.25, 0.3) is 117 Å². The van der Waals surface area contributed by atoms with Crippen LogP contribution in [0, 0.1) is 0 Å². The van der Waals surface area contributed by atoms with E-state index in [0.717, 1.165) is 77.4 Å². The number of fused-ring (bicyclic) bond motifs is 9. The number of hydrogen-bond donors (Lipinski definition) is 0. The van der Waals surface area contributed by atoms with Crippen molar-refractivity contribution in [2.75, 3.05) is 0 Å². The predicted molar refractivity (Wildman–Crippen MR) is 230 cm³/mol. The number of rotatable bonds is 5. The van der Waals surface area contributed by atoms with Gasteiger partial charge in [0.1, 0.15) is 22.3 Å². The van der Waals surface area contributed by atoms with Crippen LogP contribution in [-0.4, -0.2) is 19.5 Å². The van der Waals surface area contributed by atoms with Crippen LogP contribution in [0.1, 0.15) is 0 Å². The van der Waals surface area contributed by atoms with Gasteiger partial charge in [-0.15, -0.1) is 0 Å². The van der Waals surface area contributed by atoms with Crippen LogP contribution in [0.4, 0.5) is 0 Å². The van der Waals surface area contributed by atoms with Gasteiger partial charge in [-0.1, -0.05) is 103 Å². The molecular formula is C51H30N4O2. The van der Waals surface area contributed by atoms with E-state index in [1.54, 1.807) is 0 Å². The summed E-state index contributed by atoms with van der Waals surface area (Å²) in [7, 11) is 0. The van der Waals surface area contributed by atoms with Crippen molar-refractivity contribution in [3.63, 3.8) is 0 Å². The van der Waals surface area contributed by atoms with E-state index < -0.39 is 0 Å². The SMILES string of the molecule is c1ccc(-c2nc(-c3ccc4oc5ccccc5c4c3)nc(-c3ccc4oc5ccc(-c6ccc7c8ccccc8n(-c8ccccc8)c7c6)cc5c4c3)n2)cc1. The second-order valence-corrected chi connectivity index (χ2v) is 14.4. The van der Waals surface area contributed by atoms with E-state index in [2.05, 4.69) is 114 Å². The maximum absolute atomic E-state index is 6.41. The first-order chi connectivity index (χ1) is 28.2. The van der Waals surface area contributed by atoms with Gasteiger partial charge in [0.15, 0.2) is 17.5 Å². The Labute approximate surface area is 325 Å². The average molecular weight is 731 g/mol. The molecule has 0 aliphatic heterocycles. The molecule has 0 bridgehead atoms. The van der Waals surface area contributed by atoms with E-state index in [4.69, 9.17) is 23.8 Å². The van der Waals surface area contributed by atoms with Crippen molar-refractivity contribution in [3.05, 3.63) is 182 Å². The van der Waals surface area contributed by atoms with Crippen molar-refractivity contribution >= 4 is 65.7 Å². The summed E-state index contributed by atoms with van der Waals surface area (Å²) < 4.78 is 14.9. The van der Waals surface area contributed by atoms with Crippen LogP contribution in [0.15, 0.2) is 191 Å². The Morgan fingerprint density at radius 3 is 1.44 bits per heavy atom. The van der Waals surface area contributed by atoms with Crippen molar-refractivity contribution in [1.29, 1.82) is 0 Å². The lowest BCUT2D eigenvalue weighted by atomic mass is 10.0. The first-order valence-electron chi connectivity index (χ1n) is 19.0. The third-order valence-corrected chi connectivity index (χ3v) is 11.1. The zero-order valence-corrected chi connectivity index (χ0v) is 30.4. The van der Waals surface area contributed by atoms with Crippen molar-refractivity contribution in [2.24, 2.45) is 0 Å². The Bertz CT molecular complexity index is 3530. The predicted octanol–water partition coefficient (Wildman–Crippen LogP) is 13.4. The van der Waals surface area contributed by atoms with E-state index in [1.165, 1.54) is 21.8 Å². The van der Waals surface area contributed by atoms with Gasteiger partial charge in [-0.25, -0.2) is 15.0 Å². The standard InChI is InChI=1S/C51H30N4O2/c1-3-11-31(12-4-1)49-52-50(34-21-25-46-40(28-34)39-16-8-10-18-45(39)56-46)54-51(53-49)35-22-26-48-42(29-35)41-27-32(20-24-47(41)57-48)33-19-23-38-37-15-7-9-17-43(37)55(44(38)30-33)36-13-5-2-6-14-36/h1-30H. The highest BCUT2D eigenvalue weighted by Crippen LogP contribution is 2.39. The number of benzene rings is 8. The fraction of sp³-hybridized carbons (Fsp3) is 0. The molecule has 0 aliphatic rings. The highest BCUT2D eigenvalue weighted by molar-refractivity contribution is 6.11.